The van der Waals surface area contributed by atoms with Crippen LogP contribution in [0.4, 0.5) is 0 Å². The van der Waals surface area contributed by atoms with Crippen LogP contribution >= 0.6 is 0 Å². The molecule has 0 bridgehead atoms. The van der Waals surface area contributed by atoms with E-state index in [9.17, 15) is 18.0 Å². The molecule has 1 N–H and O–H groups in total. The maximum Gasteiger partial charge on any atom is 0.277 e. The monoisotopic (exact) mass is 617 g/mol. The summed E-state index contributed by atoms with van der Waals surface area (Å²) in [6.45, 7) is 13.9. The number of amides is 2. The predicted molar refractivity (Wildman–Crippen MR) is 173 cm³/mol. The third-order valence-corrected chi connectivity index (χ3v) is 9.23. The average Bonchev–Trinajstić information content (AvgIpc) is 3.16. The summed E-state index contributed by atoms with van der Waals surface area (Å²) >= 11 is 0. The van der Waals surface area contributed by atoms with Gasteiger partial charge in [0.05, 0.1) is 22.6 Å². The van der Waals surface area contributed by atoms with Gasteiger partial charge in [-0.3, -0.25) is 9.59 Å². The molecule has 1 heterocycles. The van der Waals surface area contributed by atoms with Gasteiger partial charge in [-0.2, -0.15) is 5.10 Å². The standard InChI is InChI=1S/C35H43N3O5S/c1-33(2,3)27-20-16-26(17-21-27)24-38-32(40)34(4,5)30(36-38)15-11-12-25-18-22-28(23-19-25)43-35(6,7)31(39)37-44(41,42)29-13-9-8-10-14-29/h8-10,13-14,16-23H,11-12,15,24H2,1-7H3,(H,37,39). The maximum absolute atomic E-state index is 13.2. The summed E-state index contributed by atoms with van der Waals surface area (Å²) in [4.78, 5) is 26.0. The molecule has 3 aromatic rings. The van der Waals surface area contributed by atoms with Gasteiger partial charge >= 0.3 is 0 Å². The number of sulfonamides is 1. The Morgan fingerprint density at radius 2 is 1.45 bits per heavy atom. The molecule has 0 aliphatic carbocycles. The summed E-state index contributed by atoms with van der Waals surface area (Å²) in [5, 5.41) is 6.33. The minimum atomic E-state index is -4.01. The minimum Gasteiger partial charge on any atom is -0.478 e. The zero-order valence-electron chi connectivity index (χ0n) is 26.7. The predicted octanol–water partition coefficient (Wildman–Crippen LogP) is 6.39. The number of hydrazone groups is 1. The Morgan fingerprint density at radius 3 is 2.05 bits per heavy atom. The van der Waals surface area contributed by atoms with Gasteiger partial charge in [-0.25, -0.2) is 18.1 Å². The molecule has 234 valence electrons. The van der Waals surface area contributed by atoms with Crippen molar-refractivity contribution in [1.82, 2.24) is 9.73 Å². The van der Waals surface area contributed by atoms with E-state index in [1.54, 1.807) is 35.3 Å². The molecule has 44 heavy (non-hydrogen) atoms. The molecular weight excluding hydrogens is 574 g/mol. The molecule has 8 nitrogen and oxygen atoms in total. The fraction of sp³-hybridized carbons (Fsp3) is 0.400. The van der Waals surface area contributed by atoms with E-state index in [0.717, 1.165) is 29.7 Å². The second kappa shape index (κ2) is 12.6. The smallest absolute Gasteiger partial charge is 0.277 e. The highest BCUT2D eigenvalue weighted by atomic mass is 32.2. The summed E-state index contributed by atoms with van der Waals surface area (Å²) in [6, 6.07) is 23.5. The van der Waals surface area contributed by atoms with Crippen LogP contribution in [-0.4, -0.2) is 36.6 Å². The van der Waals surface area contributed by atoms with E-state index < -0.39 is 26.9 Å². The normalized spacial score (nSPS) is 15.2. The first kappa shape index (κ1) is 32.9. The molecule has 3 aromatic carbocycles. The fourth-order valence-corrected chi connectivity index (χ4v) is 6.07. The summed E-state index contributed by atoms with van der Waals surface area (Å²) in [6.07, 6.45) is 2.28. The lowest BCUT2D eigenvalue weighted by Crippen LogP contribution is -2.48. The summed E-state index contributed by atoms with van der Waals surface area (Å²) in [7, 11) is -4.01. The third-order valence-electron chi connectivity index (χ3n) is 7.89. The zero-order chi connectivity index (χ0) is 32.3. The molecule has 9 heteroatoms. The van der Waals surface area contributed by atoms with E-state index >= 15 is 0 Å². The highest BCUT2D eigenvalue weighted by Crippen LogP contribution is 2.32. The number of aryl methyl sites for hydroxylation is 1. The summed E-state index contributed by atoms with van der Waals surface area (Å²) in [5.74, 6) is -0.308. The topological polar surface area (TPSA) is 105 Å². The van der Waals surface area contributed by atoms with E-state index in [0.29, 0.717) is 18.7 Å². The first-order chi connectivity index (χ1) is 20.5. The van der Waals surface area contributed by atoms with Crippen LogP contribution in [0.25, 0.3) is 0 Å². The number of hydrogen-bond donors (Lipinski definition) is 1. The second-order valence-corrected chi connectivity index (χ2v) is 15.0. The van der Waals surface area contributed by atoms with E-state index in [-0.39, 0.29) is 16.2 Å². The van der Waals surface area contributed by atoms with Gasteiger partial charge in [0, 0.05) is 0 Å². The largest absolute Gasteiger partial charge is 0.478 e. The Morgan fingerprint density at radius 1 is 0.864 bits per heavy atom. The molecule has 2 amide bonds. The van der Waals surface area contributed by atoms with Crippen molar-refractivity contribution in [3.63, 3.8) is 0 Å². The van der Waals surface area contributed by atoms with Crippen LogP contribution in [0.3, 0.4) is 0 Å². The molecule has 0 atom stereocenters. The lowest BCUT2D eigenvalue weighted by Gasteiger charge is -2.25. The summed E-state index contributed by atoms with van der Waals surface area (Å²) < 4.78 is 33.1. The molecule has 0 spiro atoms. The van der Waals surface area contributed by atoms with Crippen molar-refractivity contribution < 1.29 is 22.7 Å². The second-order valence-electron chi connectivity index (χ2n) is 13.3. The van der Waals surface area contributed by atoms with Crippen molar-refractivity contribution in [2.75, 3.05) is 0 Å². The quantitative estimate of drug-likeness (QED) is 0.268. The van der Waals surface area contributed by atoms with Gasteiger partial charge in [-0.1, -0.05) is 75.4 Å². The van der Waals surface area contributed by atoms with E-state index in [1.807, 2.05) is 26.0 Å². The molecule has 0 unspecified atom stereocenters. The number of nitrogens with one attached hydrogen (secondary N) is 1. The molecule has 0 aromatic heterocycles. The zero-order valence-corrected chi connectivity index (χ0v) is 27.5. The van der Waals surface area contributed by atoms with Crippen LogP contribution in [0.15, 0.2) is 88.9 Å². The van der Waals surface area contributed by atoms with Crippen molar-refractivity contribution in [2.24, 2.45) is 10.5 Å². The van der Waals surface area contributed by atoms with Crippen LogP contribution in [0.2, 0.25) is 0 Å². The Bertz CT molecular complexity index is 1620. The first-order valence-electron chi connectivity index (χ1n) is 14.9. The molecule has 1 aliphatic heterocycles. The lowest BCUT2D eigenvalue weighted by atomic mass is 9.84. The van der Waals surface area contributed by atoms with Crippen LogP contribution < -0.4 is 9.46 Å². The SMILES string of the molecule is CC(C)(Oc1ccc(CCCC2=NN(Cc3ccc(C(C)(C)C)cc3)C(=O)C2(C)C)cc1)C(=O)NS(=O)(=O)c1ccccc1. The van der Waals surface area contributed by atoms with Crippen molar-refractivity contribution in [3.8, 4) is 5.75 Å². The highest BCUT2D eigenvalue weighted by molar-refractivity contribution is 7.90. The van der Waals surface area contributed by atoms with Crippen molar-refractivity contribution in [2.45, 2.75) is 90.2 Å². The van der Waals surface area contributed by atoms with Gasteiger partial charge in [0.25, 0.3) is 21.8 Å². The lowest BCUT2D eigenvalue weighted by molar-refractivity contribution is -0.135. The van der Waals surface area contributed by atoms with Crippen LogP contribution in [-0.2, 0) is 38.0 Å². The average molecular weight is 618 g/mol. The number of nitrogens with zero attached hydrogens (tertiary/aromatic N) is 2. The van der Waals surface area contributed by atoms with Crippen molar-refractivity contribution >= 4 is 27.5 Å². The van der Waals surface area contributed by atoms with Gasteiger partial charge < -0.3 is 4.74 Å². The van der Waals surface area contributed by atoms with E-state index in [4.69, 9.17) is 9.84 Å². The highest BCUT2D eigenvalue weighted by Gasteiger charge is 2.42. The Kier molecular flexibility index (Phi) is 9.40. The molecular formula is C35H43N3O5S. The van der Waals surface area contributed by atoms with Crippen LogP contribution in [0.5, 0.6) is 5.75 Å². The first-order valence-corrected chi connectivity index (χ1v) is 16.4. The Hall–Kier alpha value is -3.98. The molecule has 0 saturated heterocycles. The van der Waals surface area contributed by atoms with Gasteiger partial charge in [0.1, 0.15) is 5.75 Å². The Labute approximate surface area is 261 Å². The third kappa shape index (κ3) is 7.75. The number of carbonyl (C=O) groups is 2. The van der Waals surface area contributed by atoms with Gasteiger partial charge in [-0.15, -0.1) is 0 Å². The van der Waals surface area contributed by atoms with Crippen LogP contribution in [0, 0.1) is 5.41 Å². The molecule has 0 radical (unpaired) electrons. The number of rotatable bonds is 11. The molecule has 0 fully saturated rings. The van der Waals surface area contributed by atoms with Crippen molar-refractivity contribution in [3.05, 3.63) is 95.6 Å². The number of benzene rings is 3. The summed E-state index contributed by atoms with van der Waals surface area (Å²) in [5.41, 5.74) is 2.25. The van der Waals surface area contributed by atoms with Crippen LogP contribution in [0.1, 0.15) is 78.0 Å². The molecule has 1 aliphatic rings. The number of ether oxygens (including phenoxy) is 1. The number of hydrogen-bond acceptors (Lipinski definition) is 6. The van der Waals surface area contributed by atoms with E-state index in [1.165, 1.54) is 31.5 Å². The fourth-order valence-electron chi connectivity index (χ4n) is 4.94. The van der Waals surface area contributed by atoms with Gasteiger partial charge in [-0.05, 0) is 93.3 Å². The van der Waals surface area contributed by atoms with Crippen molar-refractivity contribution in [1.29, 1.82) is 0 Å². The number of carbonyl (C=O) groups excluding carboxylic acids is 2. The maximum atomic E-state index is 13.2. The molecule has 0 saturated carbocycles. The minimum absolute atomic E-state index is 0.00318. The van der Waals surface area contributed by atoms with E-state index in [2.05, 4.69) is 49.8 Å². The van der Waals surface area contributed by atoms with Gasteiger partial charge in [0.15, 0.2) is 5.60 Å². The molecule has 4 rings (SSSR count). The van der Waals surface area contributed by atoms with Gasteiger partial charge in [0.2, 0.25) is 0 Å². The Balaban J connectivity index is 1.31.